The molecule has 0 bridgehead atoms. The van der Waals surface area contributed by atoms with Crippen LogP contribution in [0.4, 0.5) is 0 Å². The molecule has 0 radical (unpaired) electrons. The number of rotatable bonds is 11. The van der Waals surface area contributed by atoms with Gasteiger partial charge in [-0.15, -0.1) is 0 Å². The highest BCUT2D eigenvalue weighted by Crippen LogP contribution is 2.49. The van der Waals surface area contributed by atoms with Gasteiger partial charge in [0.2, 0.25) is 0 Å². The third-order valence-corrected chi connectivity index (χ3v) is 9.86. The molecule has 7 heteroatoms. The van der Waals surface area contributed by atoms with Gasteiger partial charge in [0.1, 0.15) is 11.4 Å². The number of benzene rings is 2. The maximum atomic E-state index is 14.6. The number of aliphatic carboxylic acids is 1. The Bertz CT molecular complexity index is 1380. The van der Waals surface area contributed by atoms with Crippen molar-refractivity contribution in [1.82, 2.24) is 10.2 Å². The van der Waals surface area contributed by atoms with Crippen LogP contribution in [0.25, 0.3) is 0 Å². The first-order chi connectivity index (χ1) is 20.9. The van der Waals surface area contributed by atoms with Gasteiger partial charge in [0.15, 0.2) is 0 Å². The van der Waals surface area contributed by atoms with Crippen molar-refractivity contribution in [3.63, 3.8) is 0 Å². The molecule has 2 saturated carbocycles. The summed E-state index contributed by atoms with van der Waals surface area (Å²) in [5.74, 6) is 0.633. The molecule has 2 aromatic rings. The minimum atomic E-state index is -0.950. The number of aliphatic imine (C=N–C) groups is 1. The maximum Gasteiger partial charge on any atom is 0.305 e. The van der Waals surface area contributed by atoms with E-state index in [-0.39, 0.29) is 36.2 Å². The average Bonchev–Trinajstić information content (AvgIpc) is 3.79. The summed E-state index contributed by atoms with van der Waals surface area (Å²) in [4.78, 5) is 45.6. The van der Waals surface area contributed by atoms with Gasteiger partial charge in [-0.05, 0) is 97.8 Å². The van der Waals surface area contributed by atoms with Gasteiger partial charge in [0.25, 0.3) is 11.8 Å². The fourth-order valence-corrected chi connectivity index (χ4v) is 6.94. The van der Waals surface area contributed by atoms with Gasteiger partial charge in [0, 0.05) is 17.7 Å². The standard InChI is InChI=1S/C37H49N3O4/c1-24(2)25-16-21-37(22-17-25)39-33(29-12-8-27(9-13-29)26-6-7-26)35(44)40(37)31(18-20-36(3,4)5)28-10-14-30(15-11-28)34(43)38-23-19-32(41)42/h8-15,24-26,31H,6-7,16-23H2,1-5H3,(H,38,43)(H,41,42)/t25?,31-,37?/m1/s1. The van der Waals surface area contributed by atoms with Crippen LogP contribution in [-0.4, -0.2) is 45.7 Å². The summed E-state index contributed by atoms with van der Waals surface area (Å²) in [5, 5.41) is 11.6. The number of carboxylic acids is 1. The number of nitrogens with one attached hydrogen (secondary N) is 1. The number of carboxylic acid groups (broad SMARTS) is 1. The lowest BCUT2D eigenvalue weighted by molar-refractivity contribution is -0.137. The van der Waals surface area contributed by atoms with Crippen LogP contribution in [0.15, 0.2) is 53.5 Å². The summed E-state index contributed by atoms with van der Waals surface area (Å²) < 4.78 is 0. The number of amides is 2. The van der Waals surface area contributed by atoms with Crippen LogP contribution in [0.2, 0.25) is 0 Å². The zero-order valence-corrected chi connectivity index (χ0v) is 27.1. The molecule has 0 unspecified atom stereocenters. The van der Waals surface area contributed by atoms with Crippen molar-refractivity contribution < 1.29 is 19.5 Å². The summed E-state index contributed by atoms with van der Waals surface area (Å²) in [6.45, 7) is 11.4. The second-order valence-electron chi connectivity index (χ2n) is 14.7. The number of hydrogen-bond donors (Lipinski definition) is 2. The van der Waals surface area contributed by atoms with Crippen molar-refractivity contribution in [1.29, 1.82) is 0 Å². The number of nitrogens with zero attached hydrogens (tertiary/aromatic N) is 2. The highest BCUT2D eigenvalue weighted by atomic mass is 16.4. The molecule has 236 valence electrons. The molecule has 1 heterocycles. The Morgan fingerprint density at radius 3 is 2.18 bits per heavy atom. The largest absolute Gasteiger partial charge is 0.481 e. The monoisotopic (exact) mass is 599 g/mol. The van der Waals surface area contributed by atoms with Crippen LogP contribution in [-0.2, 0) is 9.59 Å². The molecule has 2 amide bonds. The second kappa shape index (κ2) is 12.9. The van der Waals surface area contributed by atoms with Crippen molar-refractivity contribution in [2.75, 3.05) is 6.54 Å². The summed E-state index contributed by atoms with van der Waals surface area (Å²) in [6.07, 6.45) is 7.86. The van der Waals surface area contributed by atoms with Crippen molar-refractivity contribution in [3.8, 4) is 0 Å². The molecule has 1 spiro atoms. The van der Waals surface area contributed by atoms with Crippen molar-refractivity contribution in [2.24, 2.45) is 22.2 Å². The Hall–Kier alpha value is -3.48. The minimum Gasteiger partial charge on any atom is -0.481 e. The normalized spacial score (nSPS) is 22.8. The van der Waals surface area contributed by atoms with E-state index in [1.165, 1.54) is 18.4 Å². The second-order valence-corrected chi connectivity index (χ2v) is 14.7. The quantitative estimate of drug-likeness (QED) is 0.279. The third kappa shape index (κ3) is 7.24. The number of carbonyl (C=O) groups is 3. The van der Waals surface area contributed by atoms with Crippen LogP contribution in [0.5, 0.6) is 0 Å². The van der Waals surface area contributed by atoms with E-state index in [0.29, 0.717) is 29.0 Å². The van der Waals surface area contributed by atoms with Crippen LogP contribution in [0.3, 0.4) is 0 Å². The van der Waals surface area contributed by atoms with Gasteiger partial charge in [-0.1, -0.05) is 71.0 Å². The fraction of sp³-hybridized carbons (Fsp3) is 0.568. The van der Waals surface area contributed by atoms with Gasteiger partial charge >= 0.3 is 5.97 Å². The first-order valence-electron chi connectivity index (χ1n) is 16.5. The van der Waals surface area contributed by atoms with E-state index in [4.69, 9.17) is 10.1 Å². The van der Waals surface area contributed by atoms with E-state index < -0.39 is 11.6 Å². The Labute approximate surface area is 262 Å². The summed E-state index contributed by atoms with van der Waals surface area (Å²) in [5.41, 5.74) is 3.79. The van der Waals surface area contributed by atoms with Crippen LogP contribution < -0.4 is 5.32 Å². The average molecular weight is 600 g/mol. The molecular weight excluding hydrogens is 550 g/mol. The van der Waals surface area contributed by atoms with Gasteiger partial charge in [-0.3, -0.25) is 19.4 Å². The highest BCUT2D eigenvalue weighted by molar-refractivity contribution is 6.46. The van der Waals surface area contributed by atoms with Crippen LogP contribution in [0.1, 0.15) is 131 Å². The van der Waals surface area contributed by atoms with Crippen LogP contribution >= 0.6 is 0 Å². The van der Waals surface area contributed by atoms with Gasteiger partial charge < -0.3 is 15.3 Å². The van der Waals surface area contributed by atoms with E-state index >= 15 is 0 Å². The van der Waals surface area contributed by atoms with Gasteiger partial charge in [-0.25, -0.2) is 0 Å². The lowest BCUT2D eigenvalue weighted by Gasteiger charge is -2.46. The van der Waals surface area contributed by atoms with Crippen molar-refractivity contribution in [3.05, 3.63) is 70.8 Å². The smallest absolute Gasteiger partial charge is 0.305 e. The lowest BCUT2D eigenvalue weighted by Crippen LogP contribution is -2.51. The molecule has 0 saturated heterocycles. The van der Waals surface area contributed by atoms with Crippen molar-refractivity contribution in [2.45, 2.75) is 110 Å². The molecule has 7 nitrogen and oxygen atoms in total. The molecular formula is C37H49N3O4. The molecule has 2 aromatic carbocycles. The molecule has 1 atom stereocenters. The molecule has 5 rings (SSSR count). The highest BCUT2D eigenvalue weighted by Gasteiger charge is 2.52. The predicted octanol–water partition coefficient (Wildman–Crippen LogP) is 7.51. The van der Waals surface area contributed by atoms with Gasteiger partial charge in [0.05, 0.1) is 12.5 Å². The molecule has 2 N–H and O–H groups in total. The van der Waals surface area contributed by atoms with E-state index in [2.05, 4.69) is 69.1 Å². The first-order valence-corrected chi connectivity index (χ1v) is 16.5. The van der Waals surface area contributed by atoms with E-state index in [1.54, 1.807) is 12.1 Å². The topological polar surface area (TPSA) is 99.1 Å². The molecule has 2 aliphatic carbocycles. The lowest BCUT2D eigenvalue weighted by atomic mass is 9.75. The summed E-state index contributed by atoms with van der Waals surface area (Å²) in [6, 6.07) is 15.8. The Morgan fingerprint density at radius 2 is 1.64 bits per heavy atom. The summed E-state index contributed by atoms with van der Waals surface area (Å²) >= 11 is 0. The molecule has 2 fully saturated rings. The maximum absolute atomic E-state index is 14.6. The molecule has 1 aliphatic heterocycles. The number of carbonyl (C=O) groups excluding carboxylic acids is 2. The van der Waals surface area contributed by atoms with E-state index in [0.717, 1.165) is 49.7 Å². The first kappa shape index (κ1) is 31.9. The molecule has 0 aromatic heterocycles. The Kier molecular flexibility index (Phi) is 9.33. The molecule has 44 heavy (non-hydrogen) atoms. The van der Waals surface area contributed by atoms with E-state index in [1.807, 2.05) is 12.1 Å². The van der Waals surface area contributed by atoms with Gasteiger partial charge in [-0.2, -0.15) is 0 Å². The Balaban J connectivity index is 1.48. The zero-order chi connectivity index (χ0) is 31.6. The predicted molar refractivity (Wildman–Crippen MR) is 174 cm³/mol. The van der Waals surface area contributed by atoms with E-state index in [9.17, 15) is 14.4 Å². The number of hydrogen-bond acceptors (Lipinski definition) is 4. The third-order valence-electron chi connectivity index (χ3n) is 9.86. The zero-order valence-electron chi connectivity index (χ0n) is 27.1. The molecule has 3 aliphatic rings. The minimum absolute atomic E-state index is 0.00145. The van der Waals surface area contributed by atoms with Crippen LogP contribution in [0, 0.1) is 17.3 Å². The fourth-order valence-electron chi connectivity index (χ4n) is 6.94. The Morgan fingerprint density at radius 1 is 1.00 bits per heavy atom. The summed E-state index contributed by atoms with van der Waals surface area (Å²) in [7, 11) is 0. The van der Waals surface area contributed by atoms with Crippen molar-refractivity contribution >= 4 is 23.5 Å². The SMILES string of the molecule is CC(C)C1CCC2(CC1)N=C(c1ccc(C3CC3)cc1)C(=O)N2[C@H](CCC(C)(C)C)c1ccc(C(=O)NCCC(=O)O)cc1.